The number of thiazole rings is 1. The molecule has 11 nitrogen and oxygen atoms in total. The highest BCUT2D eigenvalue weighted by atomic mass is 32.2. The number of nitrogens with one attached hydrogen (secondary N) is 1. The molecular weight excluding hydrogens is 536 g/mol. The highest BCUT2D eigenvalue weighted by Crippen LogP contribution is 2.47. The molecule has 0 aromatic carbocycles. The van der Waals surface area contributed by atoms with E-state index in [0.717, 1.165) is 58.7 Å². The summed E-state index contributed by atoms with van der Waals surface area (Å²) < 4.78 is 2.15. The van der Waals surface area contributed by atoms with Gasteiger partial charge in [0.25, 0.3) is 11.8 Å². The zero-order valence-corrected chi connectivity index (χ0v) is 22.1. The lowest BCUT2D eigenvalue weighted by Gasteiger charge is -2.56. The topological polar surface area (TPSA) is 154 Å². The third-order valence-corrected chi connectivity index (χ3v) is 8.93. The standard InChI is InChI=1S/C23H22N6O5S3/c1-34-27-16(15-10-37-22(24)25-15)18(30)26-23(11-35)20(33)29-17(19(31)32)14(9-36-21(23)29)12-5-7-28-6-3-2-4-13(28)8-12/h5,7-8,10-11,21H,2-4,6,9H2,1H3,(H3-,24,25,26,30,31,32)/b27-16-/t21-,23+/m0/s1. The molecule has 2 amide bonds. The van der Waals surface area contributed by atoms with Gasteiger partial charge >= 0.3 is 0 Å². The Kier molecular flexibility index (Phi) is 6.72. The van der Waals surface area contributed by atoms with Crippen LogP contribution in [0.1, 0.15) is 29.8 Å². The van der Waals surface area contributed by atoms with Crippen LogP contribution in [-0.2, 0) is 32.2 Å². The number of nitrogens with two attached hydrogens (primary N) is 1. The van der Waals surface area contributed by atoms with Gasteiger partial charge in [-0.2, -0.15) is 0 Å². The van der Waals surface area contributed by atoms with Gasteiger partial charge in [-0.05, 0) is 17.6 Å². The van der Waals surface area contributed by atoms with Crippen molar-refractivity contribution >= 4 is 74.9 Å². The van der Waals surface area contributed by atoms with E-state index in [1.54, 1.807) is 0 Å². The average molecular weight is 559 g/mol. The molecule has 0 spiro atoms. The first-order valence-corrected chi connectivity index (χ1v) is 13.7. The van der Waals surface area contributed by atoms with E-state index in [9.17, 15) is 19.5 Å². The molecule has 2 aromatic rings. The summed E-state index contributed by atoms with van der Waals surface area (Å²) in [5.41, 5.74) is 6.15. The number of aryl methyl sites for hydroxylation is 2. The number of thioether (sulfide) groups is 1. The zero-order valence-electron chi connectivity index (χ0n) is 19.6. The normalized spacial score (nSPS) is 23.1. The third-order valence-electron chi connectivity index (χ3n) is 6.53. The molecule has 0 saturated carbocycles. The van der Waals surface area contributed by atoms with Gasteiger partial charge in [-0.25, -0.2) is 9.55 Å². The number of thiocarbonyl (C=S) groups is 1. The summed E-state index contributed by atoms with van der Waals surface area (Å²) in [5, 5.41) is 20.8. The lowest BCUT2D eigenvalue weighted by molar-refractivity contribution is -0.709. The van der Waals surface area contributed by atoms with Gasteiger partial charge in [-0.15, -0.1) is 23.1 Å². The van der Waals surface area contributed by atoms with Gasteiger partial charge < -0.3 is 25.8 Å². The number of rotatable bonds is 7. The third kappa shape index (κ3) is 4.18. The predicted octanol–water partition coefficient (Wildman–Crippen LogP) is -0.369. The van der Waals surface area contributed by atoms with Crippen LogP contribution in [0.25, 0.3) is 5.57 Å². The first-order valence-electron chi connectivity index (χ1n) is 11.3. The summed E-state index contributed by atoms with van der Waals surface area (Å²) in [6.45, 7) is 0.919. The fraction of sp³-hybridized carbons (Fsp3) is 0.348. The molecule has 0 bridgehead atoms. The smallest absolute Gasteiger partial charge is 0.276 e. The first-order chi connectivity index (χ1) is 17.8. The zero-order chi connectivity index (χ0) is 26.3. The number of hydrogen-bond donors (Lipinski definition) is 2. The maximum Gasteiger partial charge on any atom is 0.276 e. The van der Waals surface area contributed by atoms with Gasteiger partial charge in [0, 0.05) is 41.5 Å². The number of pyridine rings is 1. The molecule has 192 valence electrons. The Bertz CT molecular complexity index is 1390. The van der Waals surface area contributed by atoms with Crippen LogP contribution in [-0.4, -0.2) is 62.5 Å². The first kappa shape index (κ1) is 25.3. The van der Waals surface area contributed by atoms with Gasteiger partial charge in [0.15, 0.2) is 28.3 Å². The Balaban J connectivity index is 1.47. The Morgan fingerprint density at radius 2 is 2.27 bits per heavy atom. The lowest BCUT2D eigenvalue weighted by Crippen LogP contribution is -2.81. The van der Waals surface area contributed by atoms with Crippen LogP contribution in [0.3, 0.4) is 0 Å². The molecule has 3 aliphatic heterocycles. The number of β-lactam (4-membered cyclic amide) rings is 1. The number of carbonyl (C=O) groups excluding carboxylic acids is 3. The second kappa shape index (κ2) is 9.84. The summed E-state index contributed by atoms with van der Waals surface area (Å²) >= 11 is 7.60. The minimum absolute atomic E-state index is 0.171. The SMILES string of the molecule is CO/N=C(\C(=O)N[C@]1(C=S)C(=O)N2C(C(=O)[O-])=C(c3cc[n+]4c(c3)CCCC4)CS[C@H]21)c1csc(N)n1. The summed E-state index contributed by atoms with van der Waals surface area (Å²) in [7, 11) is 1.27. The van der Waals surface area contributed by atoms with Gasteiger partial charge in [0.1, 0.15) is 24.7 Å². The number of carbonyl (C=O) groups is 3. The molecule has 3 aliphatic rings. The molecule has 14 heteroatoms. The summed E-state index contributed by atoms with van der Waals surface area (Å²) in [6.07, 6.45) is 5.01. The fourth-order valence-electron chi connectivity index (χ4n) is 4.77. The van der Waals surface area contributed by atoms with Crippen LogP contribution in [0, 0.1) is 0 Å². The molecule has 5 rings (SSSR count). The summed E-state index contributed by atoms with van der Waals surface area (Å²) in [5.74, 6) is -2.63. The van der Waals surface area contributed by atoms with Crippen molar-refractivity contribution in [1.29, 1.82) is 0 Å². The highest BCUT2D eigenvalue weighted by Gasteiger charge is 2.64. The van der Waals surface area contributed by atoms with E-state index in [1.807, 2.05) is 18.3 Å². The van der Waals surface area contributed by atoms with Gasteiger partial charge in [-0.3, -0.25) is 14.5 Å². The van der Waals surface area contributed by atoms with Crippen molar-refractivity contribution in [3.8, 4) is 0 Å². The number of anilines is 1. The average Bonchev–Trinajstić information content (AvgIpc) is 3.34. The van der Waals surface area contributed by atoms with Crippen molar-refractivity contribution in [2.75, 3.05) is 18.6 Å². The van der Waals surface area contributed by atoms with E-state index >= 15 is 0 Å². The Labute approximate surface area is 225 Å². The molecule has 0 aliphatic carbocycles. The second-order valence-corrected chi connectivity index (χ2v) is 10.8. The number of hydrogen-bond acceptors (Lipinski definition) is 11. The van der Waals surface area contributed by atoms with Crippen LogP contribution in [0.5, 0.6) is 0 Å². The van der Waals surface area contributed by atoms with Crippen molar-refractivity contribution < 1.29 is 28.9 Å². The maximum atomic E-state index is 13.5. The van der Waals surface area contributed by atoms with Crippen molar-refractivity contribution in [3.05, 3.63) is 46.4 Å². The van der Waals surface area contributed by atoms with E-state index in [1.165, 1.54) is 24.3 Å². The molecule has 1 saturated heterocycles. The van der Waals surface area contributed by atoms with E-state index in [-0.39, 0.29) is 28.0 Å². The molecule has 5 heterocycles. The Morgan fingerprint density at radius 3 is 2.95 bits per heavy atom. The van der Waals surface area contributed by atoms with Gasteiger partial charge in [0.2, 0.25) is 0 Å². The lowest BCUT2D eigenvalue weighted by atomic mass is 9.87. The van der Waals surface area contributed by atoms with Crippen LogP contribution in [0.2, 0.25) is 0 Å². The molecule has 1 fully saturated rings. The maximum absolute atomic E-state index is 13.5. The second-order valence-electron chi connectivity index (χ2n) is 8.64. The van der Waals surface area contributed by atoms with E-state index < -0.39 is 28.7 Å². The summed E-state index contributed by atoms with van der Waals surface area (Å²) in [4.78, 5) is 49.0. The van der Waals surface area contributed by atoms with Crippen LogP contribution >= 0.6 is 35.3 Å². The minimum atomic E-state index is -1.63. The van der Waals surface area contributed by atoms with Crippen molar-refractivity contribution in [2.45, 2.75) is 36.7 Å². The van der Waals surface area contributed by atoms with Gasteiger partial charge in [0.05, 0.1) is 11.7 Å². The van der Waals surface area contributed by atoms with Crippen LogP contribution < -0.4 is 20.7 Å². The van der Waals surface area contributed by atoms with E-state index in [0.29, 0.717) is 5.57 Å². The molecule has 2 aromatic heterocycles. The number of oxime groups is 1. The molecule has 3 N–H and O–H groups in total. The van der Waals surface area contributed by atoms with Gasteiger partial charge in [-0.1, -0.05) is 17.4 Å². The molecule has 2 atom stereocenters. The number of aliphatic carboxylic acids is 1. The number of carboxylic acids is 1. The molecular formula is C23H22N6O5S3. The van der Waals surface area contributed by atoms with E-state index in [2.05, 4.69) is 20.0 Å². The minimum Gasteiger partial charge on any atom is -0.543 e. The largest absolute Gasteiger partial charge is 0.543 e. The fourth-order valence-corrected chi connectivity index (χ4v) is 7.16. The Hall–Kier alpha value is -3.36. The molecule has 0 radical (unpaired) electrons. The number of aromatic nitrogens is 2. The number of amides is 2. The monoisotopic (exact) mass is 558 g/mol. The number of nitrogens with zero attached hydrogens (tertiary/aromatic N) is 4. The number of fused-ring (bicyclic) bond motifs is 2. The predicted molar refractivity (Wildman–Crippen MR) is 139 cm³/mol. The quantitative estimate of drug-likeness (QED) is 0.152. The number of carboxylic acid groups (broad SMARTS) is 1. The van der Waals surface area contributed by atoms with Crippen molar-refractivity contribution in [1.82, 2.24) is 15.2 Å². The van der Waals surface area contributed by atoms with E-state index in [4.69, 9.17) is 22.8 Å². The molecule has 0 unspecified atom stereocenters. The van der Waals surface area contributed by atoms with Crippen molar-refractivity contribution in [3.63, 3.8) is 0 Å². The van der Waals surface area contributed by atoms with Crippen LogP contribution in [0.15, 0.2) is 34.6 Å². The highest BCUT2D eigenvalue weighted by molar-refractivity contribution is 8.00. The summed E-state index contributed by atoms with van der Waals surface area (Å²) in [6, 6.07) is 3.84. The van der Waals surface area contributed by atoms with Crippen LogP contribution in [0.4, 0.5) is 5.13 Å². The molecule has 37 heavy (non-hydrogen) atoms. The van der Waals surface area contributed by atoms with Crippen molar-refractivity contribution in [2.24, 2.45) is 5.16 Å². The number of nitrogen functional groups attached to an aromatic ring is 1. The Morgan fingerprint density at radius 1 is 1.46 bits per heavy atom.